The molecule has 5 nitrogen and oxygen atoms in total. The molecule has 124 valence electrons. The number of hydrogen-bond donors (Lipinski definition) is 1. The van der Waals surface area contributed by atoms with Crippen LogP contribution in [0.5, 0.6) is 0 Å². The van der Waals surface area contributed by atoms with Gasteiger partial charge in [-0.3, -0.25) is 4.79 Å². The fourth-order valence-corrected chi connectivity index (χ4v) is 3.39. The minimum Gasteiger partial charge on any atom is -0.350 e. The Morgan fingerprint density at radius 1 is 1.25 bits per heavy atom. The lowest BCUT2D eigenvalue weighted by Gasteiger charge is -2.23. The smallest absolute Gasteiger partial charge is 0.254 e. The fourth-order valence-electron chi connectivity index (χ4n) is 2.47. The number of likely N-dealkylation sites (N-methyl/N-ethyl adjacent to an activating group) is 1. The minimum absolute atomic E-state index is 0.111. The Morgan fingerprint density at radius 2 is 2.04 bits per heavy atom. The third kappa shape index (κ3) is 3.72. The molecule has 24 heavy (non-hydrogen) atoms. The van der Waals surface area contributed by atoms with E-state index in [1.807, 2.05) is 50.5 Å². The summed E-state index contributed by atoms with van der Waals surface area (Å²) in [6.45, 7) is 0.558. The van der Waals surface area contributed by atoms with E-state index in [2.05, 4.69) is 26.8 Å². The van der Waals surface area contributed by atoms with Crippen molar-refractivity contribution in [1.29, 1.82) is 0 Å². The highest BCUT2D eigenvalue weighted by atomic mass is 32.1. The van der Waals surface area contributed by atoms with Gasteiger partial charge in [-0.15, -0.1) is 11.3 Å². The summed E-state index contributed by atoms with van der Waals surface area (Å²) in [5, 5.41) is 9.33. The molecule has 0 spiro atoms. The van der Waals surface area contributed by atoms with Gasteiger partial charge in [-0.1, -0.05) is 24.3 Å². The molecule has 1 unspecified atom stereocenters. The van der Waals surface area contributed by atoms with Crippen molar-refractivity contribution >= 4 is 17.2 Å². The third-order valence-electron chi connectivity index (χ3n) is 3.82. The highest BCUT2D eigenvalue weighted by Crippen LogP contribution is 2.22. The quantitative estimate of drug-likeness (QED) is 0.750. The lowest BCUT2D eigenvalue weighted by Crippen LogP contribution is -2.34. The summed E-state index contributed by atoms with van der Waals surface area (Å²) in [4.78, 5) is 15.8. The number of rotatable bonds is 6. The average Bonchev–Trinajstić information content (AvgIpc) is 3.27. The van der Waals surface area contributed by atoms with E-state index >= 15 is 0 Å². The first kappa shape index (κ1) is 16.4. The van der Waals surface area contributed by atoms with Crippen molar-refractivity contribution in [1.82, 2.24) is 20.0 Å². The molecule has 0 bridgehead atoms. The number of carbonyl (C=O) groups is 1. The molecule has 0 aliphatic heterocycles. The topological polar surface area (TPSA) is 50.2 Å². The Morgan fingerprint density at radius 3 is 2.71 bits per heavy atom. The molecule has 1 atom stereocenters. The van der Waals surface area contributed by atoms with E-state index in [0.717, 1.165) is 5.69 Å². The maximum atomic E-state index is 12.4. The third-order valence-corrected chi connectivity index (χ3v) is 4.79. The van der Waals surface area contributed by atoms with Gasteiger partial charge in [-0.25, -0.2) is 4.68 Å². The Kier molecular flexibility index (Phi) is 5.08. The van der Waals surface area contributed by atoms with Gasteiger partial charge in [0.2, 0.25) is 0 Å². The summed E-state index contributed by atoms with van der Waals surface area (Å²) in [6, 6.07) is 14.0. The van der Waals surface area contributed by atoms with Gasteiger partial charge < -0.3 is 10.2 Å². The number of benzene rings is 1. The SMILES string of the molecule is CN(C)C(CNC(=O)c1cnn(-c2ccccc2)c1)c1cccs1. The van der Waals surface area contributed by atoms with Crippen LogP contribution < -0.4 is 5.32 Å². The first-order valence-corrected chi connectivity index (χ1v) is 8.61. The van der Waals surface area contributed by atoms with Crippen LogP contribution in [0.3, 0.4) is 0 Å². The summed E-state index contributed by atoms with van der Waals surface area (Å²) in [5.41, 5.74) is 1.49. The molecule has 6 heteroatoms. The summed E-state index contributed by atoms with van der Waals surface area (Å²) in [6.07, 6.45) is 3.35. The maximum absolute atomic E-state index is 12.4. The van der Waals surface area contributed by atoms with Gasteiger partial charge in [-0.05, 0) is 37.7 Å². The average molecular weight is 340 g/mol. The summed E-state index contributed by atoms with van der Waals surface area (Å²) in [7, 11) is 4.04. The van der Waals surface area contributed by atoms with Crippen LogP contribution in [0, 0.1) is 0 Å². The predicted octanol–water partition coefficient (Wildman–Crippen LogP) is 2.97. The Balaban J connectivity index is 1.66. The van der Waals surface area contributed by atoms with Crippen LogP contribution in [0.4, 0.5) is 0 Å². The number of para-hydroxylation sites is 1. The number of nitrogens with zero attached hydrogens (tertiary/aromatic N) is 3. The van der Waals surface area contributed by atoms with E-state index < -0.39 is 0 Å². The molecule has 2 heterocycles. The van der Waals surface area contributed by atoms with Crippen LogP contribution in [0.2, 0.25) is 0 Å². The van der Waals surface area contributed by atoms with E-state index in [1.54, 1.807) is 28.4 Å². The fraction of sp³-hybridized carbons (Fsp3) is 0.222. The molecule has 3 aromatic rings. The first-order valence-electron chi connectivity index (χ1n) is 7.73. The van der Waals surface area contributed by atoms with Crippen molar-refractivity contribution in [2.45, 2.75) is 6.04 Å². The molecule has 2 aromatic heterocycles. The number of thiophene rings is 1. The van der Waals surface area contributed by atoms with Crippen LogP contribution in [0.1, 0.15) is 21.3 Å². The maximum Gasteiger partial charge on any atom is 0.254 e. The number of nitrogens with one attached hydrogen (secondary N) is 1. The zero-order valence-corrected chi connectivity index (χ0v) is 14.5. The number of aromatic nitrogens is 2. The van der Waals surface area contributed by atoms with Crippen LogP contribution in [-0.4, -0.2) is 41.2 Å². The molecule has 0 aliphatic carbocycles. The summed E-state index contributed by atoms with van der Waals surface area (Å²) < 4.78 is 1.71. The lowest BCUT2D eigenvalue weighted by molar-refractivity contribution is 0.0942. The van der Waals surface area contributed by atoms with Crippen LogP contribution in [-0.2, 0) is 0 Å². The molecule has 0 aliphatic rings. The molecule has 3 rings (SSSR count). The van der Waals surface area contributed by atoms with E-state index in [1.165, 1.54) is 4.88 Å². The standard InChI is InChI=1S/C18H20N4OS/c1-21(2)16(17-9-6-10-24-17)12-19-18(23)14-11-20-22(13-14)15-7-4-3-5-8-15/h3-11,13,16H,12H2,1-2H3,(H,19,23). The van der Waals surface area contributed by atoms with Gasteiger partial charge in [-0.2, -0.15) is 5.10 Å². The second-order valence-corrected chi connectivity index (χ2v) is 6.69. The molecule has 0 saturated heterocycles. The number of amides is 1. The van der Waals surface area contributed by atoms with Crippen LogP contribution in [0.15, 0.2) is 60.2 Å². The zero-order chi connectivity index (χ0) is 16.9. The summed E-state index contributed by atoms with van der Waals surface area (Å²) in [5.74, 6) is -0.111. The van der Waals surface area contributed by atoms with E-state index in [-0.39, 0.29) is 11.9 Å². The van der Waals surface area contributed by atoms with Crippen LogP contribution in [0.25, 0.3) is 5.69 Å². The zero-order valence-electron chi connectivity index (χ0n) is 13.7. The molecular formula is C18H20N4OS. The van der Waals surface area contributed by atoms with Crippen molar-refractivity contribution < 1.29 is 4.79 Å². The minimum atomic E-state index is -0.111. The molecule has 0 saturated carbocycles. The van der Waals surface area contributed by atoms with Crippen molar-refractivity contribution in [2.75, 3.05) is 20.6 Å². The second-order valence-electron chi connectivity index (χ2n) is 5.71. The Hall–Kier alpha value is -2.44. The van der Waals surface area contributed by atoms with Crippen molar-refractivity contribution in [2.24, 2.45) is 0 Å². The molecular weight excluding hydrogens is 320 g/mol. The first-order chi connectivity index (χ1) is 11.6. The van der Waals surface area contributed by atoms with E-state index in [0.29, 0.717) is 12.1 Å². The van der Waals surface area contributed by atoms with Crippen molar-refractivity contribution in [3.05, 3.63) is 70.7 Å². The highest BCUT2D eigenvalue weighted by Gasteiger charge is 2.17. The molecule has 1 amide bonds. The van der Waals surface area contributed by atoms with Gasteiger partial charge in [0, 0.05) is 17.6 Å². The van der Waals surface area contributed by atoms with E-state index in [9.17, 15) is 4.79 Å². The van der Waals surface area contributed by atoms with Gasteiger partial charge in [0.25, 0.3) is 5.91 Å². The number of carbonyl (C=O) groups excluding carboxylic acids is 1. The van der Waals surface area contributed by atoms with E-state index in [4.69, 9.17) is 0 Å². The lowest BCUT2D eigenvalue weighted by atomic mass is 10.2. The molecule has 0 radical (unpaired) electrons. The second kappa shape index (κ2) is 7.42. The Labute approximate surface area is 145 Å². The predicted molar refractivity (Wildman–Crippen MR) is 96.6 cm³/mol. The monoisotopic (exact) mass is 340 g/mol. The molecule has 1 aromatic carbocycles. The summed E-state index contributed by atoms with van der Waals surface area (Å²) >= 11 is 1.70. The normalized spacial score (nSPS) is 12.3. The van der Waals surface area contributed by atoms with Gasteiger partial charge in [0.05, 0.1) is 23.5 Å². The van der Waals surface area contributed by atoms with Gasteiger partial charge in [0.15, 0.2) is 0 Å². The highest BCUT2D eigenvalue weighted by molar-refractivity contribution is 7.10. The molecule has 0 fully saturated rings. The van der Waals surface area contributed by atoms with Crippen molar-refractivity contribution in [3.8, 4) is 5.69 Å². The van der Waals surface area contributed by atoms with Gasteiger partial charge >= 0.3 is 0 Å². The largest absolute Gasteiger partial charge is 0.350 e. The van der Waals surface area contributed by atoms with Gasteiger partial charge in [0.1, 0.15) is 0 Å². The van der Waals surface area contributed by atoms with Crippen molar-refractivity contribution in [3.63, 3.8) is 0 Å². The number of hydrogen-bond acceptors (Lipinski definition) is 4. The Bertz CT molecular complexity index is 780. The van der Waals surface area contributed by atoms with Crippen LogP contribution >= 0.6 is 11.3 Å². The molecule has 1 N–H and O–H groups in total.